The lowest BCUT2D eigenvalue weighted by Gasteiger charge is -2.18. The van der Waals surface area contributed by atoms with Gasteiger partial charge < -0.3 is 10.1 Å². The van der Waals surface area contributed by atoms with Gasteiger partial charge >= 0.3 is 0 Å². The van der Waals surface area contributed by atoms with Gasteiger partial charge in [0.05, 0.1) is 16.4 Å². The van der Waals surface area contributed by atoms with Crippen LogP contribution in [0, 0.1) is 0 Å². The summed E-state index contributed by atoms with van der Waals surface area (Å²) in [5.74, 6) is 1.01. The fourth-order valence-electron chi connectivity index (χ4n) is 2.53. The Hall–Kier alpha value is -1.26. The van der Waals surface area contributed by atoms with Crippen LogP contribution in [0.15, 0.2) is 34.9 Å². The molecule has 0 aliphatic carbocycles. The van der Waals surface area contributed by atoms with Crippen molar-refractivity contribution in [1.82, 2.24) is 4.98 Å². The fourth-order valence-corrected chi connectivity index (χ4v) is 2.99. The van der Waals surface area contributed by atoms with E-state index in [0.717, 1.165) is 27.9 Å². The van der Waals surface area contributed by atoms with Gasteiger partial charge in [0.2, 0.25) is 0 Å². The standard InChI is InChI=1S/C16H16BrClN2O/c1-16(2)7-10-4-3-5-11(14(10)21-16)8-19-12-6-13(17)15(18)20-9-12/h3-6,9,19H,7-8H2,1-2H3. The average Bonchev–Trinajstić information content (AvgIpc) is 2.74. The summed E-state index contributed by atoms with van der Waals surface area (Å²) >= 11 is 9.28. The van der Waals surface area contributed by atoms with Gasteiger partial charge in [-0.25, -0.2) is 4.98 Å². The van der Waals surface area contributed by atoms with Crippen LogP contribution in [-0.4, -0.2) is 10.6 Å². The summed E-state index contributed by atoms with van der Waals surface area (Å²) < 4.78 is 6.85. The molecule has 0 unspecified atom stereocenters. The molecule has 0 saturated carbocycles. The van der Waals surface area contributed by atoms with Crippen molar-refractivity contribution < 1.29 is 4.74 Å². The first-order chi connectivity index (χ1) is 9.94. The number of para-hydroxylation sites is 1. The Morgan fingerprint density at radius 1 is 1.43 bits per heavy atom. The second-order valence-electron chi connectivity index (χ2n) is 5.79. The number of nitrogens with one attached hydrogen (secondary N) is 1. The zero-order valence-electron chi connectivity index (χ0n) is 11.9. The zero-order valence-corrected chi connectivity index (χ0v) is 14.3. The number of ether oxygens (including phenoxy) is 1. The number of aromatic nitrogens is 1. The maximum absolute atomic E-state index is 6.07. The van der Waals surface area contributed by atoms with Crippen LogP contribution in [0.1, 0.15) is 25.0 Å². The summed E-state index contributed by atoms with van der Waals surface area (Å²) in [4.78, 5) is 4.11. The highest BCUT2D eigenvalue weighted by Crippen LogP contribution is 2.37. The Balaban J connectivity index is 1.78. The van der Waals surface area contributed by atoms with Crippen molar-refractivity contribution in [2.24, 2.45) is 0 Å². The monoisotopic (exact) mass is 366 g/mol. The van der Waals surface area contributed by atoms with Crippen molar-refractivity contribution in [2.45, 2.75) is 32.4 Å². The molecule has 2 aromatic rings. The highest BCUT2D eigenvalue weighted by atomic mass is 79.9. The lowest BCUT2D eigenvalue weighted by atomic mass is 10.0. The zero-order chi connectivity index (χ0) is 15.0. The molecular formula is C16H16BrClN2O. The quantitative estimate of drug-likeness (QED) is 0.790. The Bertz CT molecular complexity index is 688. The lowest BCUT2D eigenvalue weighted by molar-refractivity contribution is 0.137. The molecule has 0 radical (unpaired) electrons. The van der Waals surface area contributed by atoms with E-state index >= 15 is 0 Å². The minimum absolute atomic E-state index is 0.122. The fraction of sp³-hybridized carbons (Fsp3) is 0.312. The van der Waals surface area contributed by atoms with Gasteiger partial charge in [-0.05, 0) is 41.4 Å². The normalized spacial score (nSPS) is 15.4. The Morgan fingerprint density at radius 2 is 2.24 bits per heavy atom. The molecule has 21 heavy (non-hydrogen) atoms. The summed E-state index contributed by atoms with van der Waals surface area (Å²) in [7, 11) is 0. The van der Waals surface area contributed by atoms with E-state index in [1.54, 1.807) is 6.20 Å². The molecule has 110 valence electrons. The number of hydrogen-bond donors (Lipinski definition) is 1. The van der Waals surface area contributed by atoms with Gasteiger partial charge in [-0.15, -0.1) is 0 Å². The van der Waals surface area contributed by atoms with E-state index in [0.29, 0.717) is 11.7 Å². The van der Waals surface area contributed by atoms with E-state index in [2.05, 4.69) is 58.3 Å². The number of nitrogens with zero attached hydrogens (tertiary/aromatic N) is 1. The van der Waals surface area contributed by atoms with Crippen molar-refractivity contribution >= 4 is 33.2 Å². The van der Waals surface area contributed by atoms with Gasteiger partial charge in [0.1, 0.15) is 16.5 Å². The number of anilines is 1. The molecule has 3 rings (SSSR count). The minimum atomic E-state index is -0.122. The molecular weight excluding hydrogens is 352 g/mol. The number of benzene rings is 1. The van der Waals surface area contributed by atoms with Crippen LogP contribution >= 0.6 is 27.5 Å². The summed E-state index contributed by atoms with van der Waals surface area (Å²) in [6, 6.07) is 8.22. The molecule has 5 heteroatoms. The molecule has 1 aromatic heterocycles. The van der Waals surface area contributed by atoms with Crippen LogP contribution in [0.4, 0.5) is 5.69 Å². The summed E-state index contributed by atoms with van der Waals surface area (Å²) in [5, 5.41) is 3.82. The van der Waals surface area contributed by atoms with E-state index in [1.165, 1.54) is 5.56 Å². The highest BCUT2D eigenvalue weighted by Gasteiger charge is 2.31. The summed E-state index contributed by atoms with van der Waals surface area (Å²) in [5.41, 5.74) is 3.23. The number of fused-ring (bicyclic) bond motifs is 1. The van der Waals surface area contributed by atoms with Gasteiger partial charge in [0, 0.05) is 18.5 Å². The lowest BCUT2D eigenvalue weighted by Crippen LogP contribution is -2.25. The van der Waals surface area contributed by atoms with E-state index in [-0.39, 0.29) is 5.60 Å². The molecule has 1 aromatic carbocycles. The van der Waals surface area contributed by atoms with Gasteiger partial charge in [-0.1, -0.05) is 29.8 Å². The maximum Gasteiger partial charge on any atom is 0.143 e. The van der Waals surface area contributed by atoms with Crippen LogP contribution < -0.4 is 10.1 Å². The molecule has 1 aliphatic rings. The van der Waals surface area contributed by atoms with Crippen molar-refractivity contribution in [2.75, 3.05) is 5.32 Å². The van der Waals surface area contributed by atoms with Crippen LogP contribution in [0.2, 0.25) is 5.15 Å². The molecule has 0 amide bonds. The molecule has 2 heterocycles. The third kappa shape index (κ3) is 3.16. The number of hydrogen-bond acceptors (Lipinski definition) is 3. The van der Waals surface area contributed by atoms with Crippen molar-refractivity contribution in [1.29, 1.82) is 0 Å². The number of rotatable bonds is 3. The van der Waals surface area contributed by atoms with E-state index < -0.39 is 0 Å². The Kier molecular flexibility index (Phi) is 3.84. The first kappa shape index (κ1) is 14.7. The van der Waals surface area contributed by atoms with Crippen LogP contribution in [0.5, 0.6) is 5.75 Å². The van der Waals surface area contributed by atoms with Gasteiger partial charge in [0.25, 0.3) is 0 Å². The molecule has 0 atom stereocenters. The predicted octanol–water partition coefficient (Wildman–Crippen LogP) is 4.82. The van der Waals surface area contributed by atoms with Gasteiger partial charge in [0.15, 0.2) is 0 Å². The van der Waals surface area contributed by atoms with Crippen LogP contribution in [0.3, 0.4) is 0 Å². The Labute approximate surface area is 137 Å². The SMILES string of the molecule is CC1(C)Cc2cccc(CNc3cnc(Cl)c(Br)c3)c2O1. The first-order valence-electron chi connectivity index (χ1n) is 6.79. The third-order valence-corrected chi connectivity index (χ3v) is 4.59. The van der Waals surface area contributed by atoms with E-state index in [4.69, 9.17) is 16.3 Å². The smallest absolute Gasteiger partial charge is 0.143 e. The molecule has 1 N–H and O–H groups in total. The second-order valence-corrected chi connectivity index (χ2v) is 7.01. The highest BCUT2D eigenvalue weighted by molar-refractivity contribution is 9.10. The topological polar surface area (TPSA) is 34.2 Å². The number of halogens is 2. The van der Waals surface area contributed by atoms with Crippen molar-refractivity contribution in [3.05, 3.63) is 51.2 Å². The molecule has 0 spiro atoms. The molecule has 0 saturated heterocycles. The third-order valence-electron chi connectivity index (χ3n) is 3.45. The average molecular weight is 368 g/mol. The van der Waals surface area contributed by atoms with E-state index in [9.17, 15) is 0 Å². The summed E-state index contributed by atoms with van der Waals surface area (Å²) in [6.07, 6.45) is 2.67. The first-order valence-corrected chi connectivity index (χ1v) is 7.96. The molecule has 0 fully saturated rings. The van der Waals surface area contributed by atoms with Gasteiger partial charge in [-0.3, -0.25) is 0 Å². The largest absolute Gasteiger partial charge is 0.487 e. The van der Waals surface area contributed by atoms with Crippen molar-refractivity contribution in [3.63, 3.8) is 0 Å². The van der Waals surface area contributed by atoms with E-state index in [1.807, 2.05) is 6.07 Å². The second kappa shape index (κ2) is 5.50. The maximum atomic E-state index is 6.07. The Morgan fingerprint density at radius 3 is 3.00 bits per heavy atom. The predicted molar refractivity (Wildman–Crippen MR) is 89.1 cm³/mol. The minimum Gasteiger partial charge on any atom is -0.487 e. The molecule has 1 aliphatic heterocycles. The van der Waals surface area contributed by atoms with Crippen LogP contribution in [-0.2, 0) is 13.0 Å². The van der Waals surface area contributed by atoms with Gasteiger partial charge in [-0.2, -0.15) is 0 Å². The number of pyridine rings is 1. The van der Waals surface area contributed by atoms with Crippen LogP contribution in [0.25, 0.3) is 0 Å². The van der Waals surface area contributed by atoms with Crippen molar-refractivity contribution in [3.8, 4) is 5.75 Å². The summed E-state index contributed by atoms with van der Waals surface area (Å²) in [6.45, 7) is 4.92. The molecule has 0 bridgehead atoms. The molecule has 3 nitrogen and oxygen atoms in total.